The number of benzene rings is 2. The average Bonchev–Trinajstić information content (AvgIpc) is 3.04. The van der Waals surface area contributed by atoms with E-state index in [4.69, 9.17) is 23.8 Å². The van der Waals surface area contributed by atoms with Crippen molar-refractivity contribution in [3.05, 3.63) is 83.5 Å². The molecule has 1 fully saturated rings. The third-order valence-electron chi connectivity index (χ3n) is 4.64. The van der Waals surface area contributed by atoms with E-state index in [1.165, 1.54) is 4.90 Å². The summed E-state index contributed by atoms with van der Waals surface area (Å²) >= 11 is 11.5. The van der Waals surface area contributed by atoms with Crippen molar-refractivity contribution in [2.75, 3.05) is 4.90 Å². The Morgan fingerprint density at radius 3 is 2.59 bits per heavy atom. The van der Waals surface area contributed by atoms with Crippen molar-refractivity contribution >= 4 is 63.4 Å². The number of carbonyl (C=O) groups excluding carboxylic acids is 2. The molecule has 0 saturated carbocycles. The topological polar surface area (TPSA) is 54.3 Å². The third-order valence-corrected chi connectivity index (χ3v) is 5.24. The smallest absolute Gasteiger partial charge is 0.270 e. The minimum atomic E-state index is -0.538. The van der Waals surface area contributed by atoms with Gasteiger partial charge in [-0.2, -0.15) is 0 Å². The molecule has 144 valence electrons. The van der Waals surface area contributed by atoms with Gasteiger partial charge in [-0.15, -0.1) is 6.58 Å². The number of amides is 2. The van der Waals surface area contributed by atoms with Crippen LogP contribution in [0.5, 0.6) is 0 Å². The van der Waals surface area contributed by atoms with Gasteiger partial charge in [0, 0.05) is 29.2 Å². The molecule has 0 radical (unpaired) electrons. The number of nitrogens with one attached hydrogen (secondary N) is 1. The summed E-state index contributed by atoms with van der Waals surface area (Å²) in [6.07, 6.45) is 5.28. The fraction of sp³-hybridized carbons (Fsp3) is 0.0455. The maximum atomic E-state index is 13.2. The van der Waals surface area contributed by atoms with E-state index in [2.05, 4.69) is 11.9 Å². The monoisotopic (exact) mass is 421 g/mol. The maximum absolute atomic E-state index is 13.2. The second-order valence-electron chi connectivity index (χ2n) is 6.45. The van der Waals surface area contributed by atoms with Crippen molar-refractivity contribution in [2.24, 2.45) is 0 Å². The molecule has 2 amide bonds. The van der Waals surface area contributed by atoms with Gasteiger partial charge in [-0.25, -0.2) is 0 Å². The van der Waals surface area contributed by atoms with E-state index in [0.717, 1.165) is 16.5 Å². The zero-order valence-electron chi connectivity index (χ0n) is 15.3. The predicted molar refractivity (Wildman–Crippen MR) is 120 cm³/mol. The van der Waals surface area contributed by atoms with E-state index in [1.807, 2.05) is 35.0 Å². The molecule has 7 heteroatoms. The summed E-state index contributed by atoms with van der Waals surface area (Å²) in [6, 6.07) is 14.6. The van der Waals surface area contributed by atoms with Crippen LogP contribution in [-0.4, -0.2) is 21.5 Å². The van der Waals surface area contributed by atoms with Gasteiger partial charge < -0.3 is 4.57 Å². The van der Waals surface area contributed by atoms with E-state index < -0.39 is 11.8 Å². The zero-order chi connectivity index (χ0) is 20.5. The minimum Gasteiger partial charge on any atom is -0.343 e. The van der Waals surface area contributed by atoms with E-state index in [-0.39, 0.29) is 10.7 Å². The fourth-order valence-corrected chi connectivity index (χ4v) is 3.84. The number of rotatable bonds is 4. The van der Waals surface area contributed by atoms with Gasteiger partial charge in [0.15, 0.2) is 5.11 Å². The highest BCUT2D eigenvalue weighted by molar-refractivity contribution is 7.80. The number of hydrogen-bond acceptors (Lipinski definition) is 3. The minimum absolute atomic E-state index is 0.000615. The van der Waals surface area contributed by atoms with Crippen molar-refractivity contribution in [3.63, 3.8) is 0 Å². The van der Waals surface area contributed by atoms with E-state index in [1.54, 1.807) is 36.4 Å². The van der Waals surface area contributed by atoms with Crippen molar-refractivity contribution in [2.45, 2.75) is 6.54 Å². The number of allylic oxidation sites excluding steroid dienone is 1. The molecule has 3 aromatic rings. The Morgan fingerprint density at radius 1 is 1.10 bits per heavy atom. The van der Waals surface area contributed by atoms with Gasteiger partial charge in [0.25, 0.3) is 11.8 Å². The molecule has 2 aromatic carbocycles. The van der Waals surface area contributed by atoms with Gasteiger partial charge in [-0.3, -0.25) is 19.8 Å². The molecule has 0 spiro atoms. The number of para-hydroxylation sites is 2. The van der Waals surface area contributed by atoms with Crippen molar-refractivity contribution in [1.82, 2.24) is 9.88 Å². The highest BCUT2D eigenvalue weighted by atomic mass is 35.5. The van der Waals surface area contributed by atoms with Crippen LogP contribution in [0.3, 0.4) is 0 Å². The second kappa shape index (κ2) is 7.66. The fourth-order valence-electron chi connectivity index (χ4n) is 3.35. The van der Waals surface area contributed by atoms with E-state index >= 15 is 0 Å². The molecule has 0 bridgehead atoms. The van der Waals surface area contributed by atoms with Crippen LogP contribution in [0.4, 0.5) is 5.69 Å². The second-order valence-corrected chi connectivity index (χ2v) is 7.25. The lowest BCUT2D eigenvalue weighted by Crippen LogP contribution is -2.54. The molecule has 5 nitrogen and oxygen atoms in total. The number of aromatic nitrogens is 1. The molecule has 2 heterocycles. The predicted octanol–water partition coefficient (Wildman–Crippen LogP) is 4.31. The lowest BCUT2D eigenvalue weighted by molar-refractivity contribution is -0.122. The van der Waals surface area contributed by atoms with E-state index in [0.29, 0.717) is 17.3 Å². The van der Waals surface area contributed by atoms with Gasteiger partial charge in [-0.1, -0.05) is 48.0 Å². The lowest BCUT2D eigenvalue weighted by Gasteiger charge is -2.29. The number of nitrogens with zero attached hydrogens (tertiary/aromatic N) is 2. The Bertz CT molecular complexity index is 1210. The van der Waals surface area contributed by atoms with Crippen LogP contribution in [0.25, 0.3) is 17.0 Å². The zero-order valence-corrected chi connectivity index (χ0v) is 16.8. The summed E-state index contributed by atoms with van der Waals surface area (Å²) in [6.45, 7) is 4.39. The average molecular weight is 422 g/mol. The van der Waals surface area contributed by atoms with Gasteiger partial charge >= 0.3 is 0 Å². The standard InChI is InChI=1S/C22H16ClN3O2S/c1-2-11-25-13-14(15-7-3-5-9-18(15)25)12-16-20(27)24-22(29)26(21(16)28)19-10-6-4-8-17(19)23/h2-10,12-13H,1,11H2,(H,24,27,29)/b16-12+. The van der Waals surface area contributed by atoms with Crippen LogP contribution in [0, 0.1) is 0 Å². The maximum Gasteiger partial charge on any atom is 0.270 e. The van der Waals surface area contributed by atoms with Crippen molar-refractivity contribution in [3.8, 4) is 0 Å². The molecule has 4 rings (SSSR count). The first kappa shape index (κ1) is 19.1. The van der Waals surface area contributed by atoms with Crippen LogP contribution in [-0.2, 0) is 16.1 Å². The Morgan fingerprint density at radius 2 is 1.83 bits per heavy atom. The molecule has 1 N–H and O–H groups in total. The molecular weight excluding hydrogens is 406 g/mol. The molecular formula is C22H16ClN3O2S. The summed E-state index contributed by atoms with van der Waals surface area (Å²) < 4.78 is 2.01. The van der Waals surface area contributed by atoms with Gasteiger partial charge in [0.2, 0.25) is 0 Å². The largest absolute Gasteiger partial charge is 0.343 e. The van der Waals surface area contributed by atoms with Gasteiger partial charge in [0.1, 0.15) is 5.57 Å². The van der Waals surface area contributed by atoms with Crippen molar-refractivity contribution in [1.29, 1.82) is 0 Å². The first-order valence-corrected chi connectivity index (χ1v) is 9.64. The van der Waals surface area contributed by atoms with E-state index in [9.17, 15) is 9.59 Å². The Hall–Kier alpha value is -3.22. The third kappa shape index (κ3) is 3.37. The number of thiocarbonyl (C=S) groups is 1. The molecule has 1 aromatic heterocycles. The summed E-state index contributed by atoms with van der Waals surface area (Å²) in [5, 5.41) is 3.88. The molecule has 1 saturated heterocycles. The summed E-state index contributed by atoms with van der Waals surface area (Å²) in [7, 11) is 0. The Labute approximate surface area is 177 Å². The Balaban J connectivity index is 1.83. The van der Waals surface area contributed by atoms with Crippen LogP contribution in [0.2, 0.25) is 5.02 Å². The lowest BCUT2D eigenvalue weighted by atomic mass is 10.1. The number of fused-ring (bicyclic) bond motifs is 1. The highest BCUT2D eigenvalue weighted by Crippen LogP contribution is 2.30. The van der Waals surface area contributed by atoms with Crippen LogP contribution in [0.15, 0.2) is 73.0 Å². The molecule has 29 heavy (non-hydrogen) atoms. The first-order valence-electron chi connectivity index (χ1n) is 8.86. The molecule has 0 aliphatic carbocycles. The molecule has 1 aliphatic heterocycles. The molecule has 1 aliphatic rings. The van der Waals surface area contributed by atoms with Crippen LogP contribution < -0.4 is 10.2 Å². The van der Waals surface area contributed by atoms with Gasteiger partial charge in [0.05, 0.1) is 10.7 Å². The number of halogens is 1. The van der Waals surface area contributed by atoms with Crippen LogP contribution in [0.1, 0.15) is 5.56 Å². The SMILES string of the molecule is C=CCn1cc(/C=C2\C(=O)NC(=S)N(c3ccccc3Cl)C2=O)c2ccccc21. The van der Waals surface area contributed by atoms with Gasteiger partial charge in [-0.05, 0) is 36.5 Å². The summed E-state index contributed by atoms with van der Waals surface area (Å²) in [4.78, 5) is 27.0. The number of anilines is 1. The normalized spacial score (nSPS) is 15.8. The quantitative estimate of drug-likeness (QED) is 0.295. The van der Waals surface area contributed by atoms with Crippen molar-refractivity contribution < 1.29 is 9.59 Å². The molecule has 0 unspecified atom stereocenters. The van der Waals surface area contributed by atoms with Crippen LogP contribution >= 0.6 is 23.8 Å². The Kier molecular flexibility index (Phi) is 5.05. The summed E-state index contributed by atoms with van der Waals surface area (Å²) in [5.74, 6) is -1.06. The highest BCUT2D eigenvalue weighted by Gasteiger charge is 2.35. The number of carbonyl (C=O) groups is 2. The first-order chi connectivity index (χ1) is 14.0. The summed E-state index contributed by atoms with van der Waals surface area (Å²) in [5.41, 5.74) is 2.15. The number of hydrogen-bond donors (Lipinski definition) is 1. The molecule has 0 atom stereocenters.